The molecule has 0 fully saturated rings. The number of hydrogen-bond acceptors (Lipinski definition) is 0. The quantitative estimate of drug-likeness (QED) is 0.474. The van der Waals surface area contributed by atoms with Crippen molar-refractivity contribution in [3.05, 3.63) is 64.3 Å². The second kappa shape index (κ2) is 7.82. The van der Waals surface area contributed by atoms with Gasteiger partial charge < -0.3 is 0 Å². The number of benzene rings is 1. The van der Waals surface area contributed by atoms with E-state index in [-0.39, 0.29) is 5.41 Å². The summed E-state index contributed by atoms with van der Waals surface area (Å²) in [5.74, 6) is 0. The predicted octanol–water partition coefficient (Wildman–Crippen LogP) is 8.28. The second-order valence-electron chi connectivity index (χ2n) is 9.96. The summed E-state index contributed by atoms with van der Waals surface area (Å²) in [6.45, 7) is 14.0. The Kier molecular flexibility index (Phi) is 5.84. The molecule has 0 amide bonds. The lowest BCUT2D eigenvalue weighted by molar-refractivity contribution is 0.332. The molecule has 0 aromatic heterocycles. The maximum atomic E-state index is 2.55. The third-order valence-corrected chi connectivity index (χ3v) is 6.96. The number of hydrogen-bond donors (Lipinski definition) is 0. The molecular formula is C27H38. The van der Waals surface area contributed by atoms with Gasteiger partial charge in [0, 0.05) is 0 Å². The summed E-state index contributed by atoms with van der Waals surface area (Å²) in [6.07, 6.45) is 15.9. The predicted molar refractivity (Wildman–Crippen MR) is 120 cm³/mol. The zero-order valence-corrected chi connectivity index (χ0v) is 18.4. The average Bonchev–Trinajstić information content (AvgIpc) is 2.89. The molecule has 27 heavy (non-hydrogen) atoms. The van der Waals surface area contributed by atoms with Crippen LogP contribution in [0.25, 0.3) is 5.57 Å². The van der Waals surface area contributed by atoms with Crippen molar-refractivity contribution in [2.75, 3.05) is 0 Å². The molecule has 0 radical (unpaired) electrons. The molecule has 0 heteroatoms. The summed E-state index contributed by atoms with van der Waals surface area (Å²) in [6, 6.07) is 7.41. The Labute approximate surface area is 167 Å². The smallest absolute Gasteiger partial charge is 0.0100 e. The molecule has 0 saturated carbocycles. The highest BCUT2D eigenvalue weighted by molar-refractivity contribution is 5.72. The molecular weight excluding hydrogens is 324 g/mol. The van der Waals surface area contributed by atoms with E-state index in [2.05, 4.69) is 78.0 Å². The van der Waals surface area contributed by atoms with Crippen molar-refractivity contribution in [2.45, 2.75) is 97.3 Å². The minimum atomic E-state index is 0.281. The Morgan fingerprint density at radius 1 is 0.889 bits per heavy atom. The summed E-state index contributed by atoms with van der Waals surface area (Å²) in [4.78, 5) is 0. The molecule has 3 rings (SSSR count). The molecule has 1 aromatic rings. The molecule has 0 heterocycles. The van der Waals surface area contributed by atoms with Gasteiger partial charge in [0.2, 0.25) is 0 Å². The Hall–Kier alpha value is -1.56. The summed E-state index contributed by atoms with van der Waals surface area (Å²) < 4.78 is 0. The van der Waals surface area contributed by atoms with Crippen molar-refractivity contribution in [3.8, 4) is 0 Å². The van der Waals surface area contributed by atoms with Crippen LogP contribution in [0.4, 0.5) is 0 Å². The van der Waals surface area contributed by atoms with Crippen LogP contribution in [-0.4, -0.2) is 0 Å². The zero-order chi connectivity index (χ0) is 19.7. The number of fused-ring (bicyclic) bond motifs is 1. The van der Waals surface area contributed by atoms with Gasteiger partial charge in [-0.25, -0.2) is 0 Å². The first-order chi connectivity index (χ1) is 12.7. The van der Waals surface area contributed by atoms with Gasteiger partial charge in [0.1, 0.15) is 0 Å². The largest absolute Gasteiger partial charge is 0.0847 e. The van der Waals surface area contributed by atoms with Gasteiger partial charge in [-0.15, -0.1) is 0 Å². The highest BCUT2D eigenvalue weighted by atomic mass is 14.4. The van der Waals surface area contributed by atoms with Crippen molar-refractivity contribution < 1.29 is 0 Å². The lowest BCUT2D eigenvalue weighted by Gasteiger charge is -2.42. The first-order valence-corrected chi connectivity index (χ1v) is 10.9. The first kappa shape index (κ1) is 20.2. The average molecular weight is 363 g/mol. The molecule has 0 nitrogen and oxygen atoms in total. The lowest BCUT2D eigenvalue weighted by atomic mass is 9.63. The topological polar surface area (TPSA) is 0 Å². The molecule has 1 aromatic carbocycles. The van der Waals surface area contributed by atoms with Crippen molar-refractivity contribution >= 4 is 5.57 Å². The van der Waals surface area contributed by atoms with E-state index in [9.17, 15) is 0 Å². The van der Waals surface area contributed by atoms with E-state index >= 15 is 0 Å². The van der Waals surface area contributed by atoms with Crippen molar-refractivity contribution in [2.24, 2.45) is 0 Å². The Morgan fingerprint density at radius 3 is 2.26 bits per heavy atom. The van der Waals surface area contributed by atoms with Crippen LogP contribution in [0.3, 0.4) is 0 Å². The zero-order valence-electron chi connectivity index (χ0n) is 18.4. The molecule has 0 aliphatic heterocycles. The van der Waals surface area contributed by atoms with Crippen molar-refractivity contribution in [1.29, 1.82) is 0 Å². The van der Waals surface area contributed by atoms with Gasteiger partial charge >= 0.3 is 0 Å². The van der Waals surface area contributed by atoms with E-state index in [1.807, 2.05) is 0 Å². The van der Waals surface area contributed by atoms with Crippen LogP contribution >= 0.6 is 0 Å². The maximum absolute atomic E-state index is 2.55. The summed E-state index contributed by atoms with van der Waals surface area (Å²) in [5.41, 5.74) is 9.70. The molecule has 2 aliphatic rings. The van der Waals surface area contributed by atoms with Gasteiger partial charge in [0.15, 0.2) is 0 Å². The Balaban J connectivity index is 2.10. The highest BCUT2D eigenvalue weighted by Crippen LogP contribution is 2.47. The van der Waals surface area contributed by atoms with Gasteiger partial charge in [0.05, 0.1) is 0 Å². The minimum absolute atomic E-state index is 0.281. The fourth-order valence-electron chi connectivity index (χ4n) is 4.72. The highest BCUT2D eigenvalue weighted by Gasteiger charge is 2.37. The van der Waals surface area contributed by atoms with Crippen LogP contribution < -0.4 is 0 Å². The molecule has 0 bridgehead atoms. The van der Waals surface area contributed by atoms with Gasteiger partial charge in [-0.3, -0.25) is 0 Å². The van der Waals surface area contributed by atoms with E-state index in [4.69, 9.17) is 0 Å². The Morgan fingerprint density at radius 2 is 1.56 bits per heavy atom. The number of allylic oxidation sites excluding steroid dienone is 6. The van der Waals surface area contributed by atoms with Crippen LogP contribution in [-0.2, 0) is 10.8 Å². The van der Waals surface area contributed by atoms with Gasteiger partial charge in [0.25, 0.3) is 0 Å². The summed E-state index contributed by atoms with van der Waals surface area (Å²) >= 11 is 0. The Bertz CT molecular complexity index is 780. The molecule has 0 spiro atoms. The monoisotopic (exact) mass is 362 g/mol. The van der Waals surface area contributed by atoms with Crippen LogP contribution in [0.1, 0.15) is 103 Å². The van der Waals surface area contributed by atoms with Gasteiger partial charge in [-0.1, -0.05) is 76.1 Å². The molecule has 146 valence electrons. The van der Waals surface area contributed by atoms with E-state index in [1.165, 1.54) is 56.1 Å². The second-order valence-corrected chi connectivity index (χ2v) is 9.96. The maximum Gasteiger partial charge on any atom is -0.0100 e. The minimum Gasteiger partial charge on any atom is -0.0847 e. The third kappa shape index (κ3) is 4.31. The molecule has 0 saturated heterocycles. The van der Waals surface area contributed by atoms with Crippen molar-refractivity contribution in [3.63, 3.8) is 0 Å². The van der Waals surface area contributed by atoms with E-state index in [0.717, 1.165) is 0 Å². The van der Waals surface area contributed by atoms with E-state index in [1.54, 1.807) is 22.3 Å². The third-order valence-electron chi connectivity index (χ3n) is 6.96. The number of rotatable bonds is 3. The fraction of sp³-hybridized carbons (Fsp3) is 0.556. The van der Waals surface area contributed by atoms with Gasteiger partial charge in [-0.2, -0.15) is 0 Å². The molecule has 0 atom stereocenters. The SMILES string of the molecule is C/C=C(C)/C=C/C1=C(c2ccc3c(c2)C(C)(C)CCC3(C)C)CCCCC1. The standard InChI is InChI=1S/C27H38/c1-7-20(2)13-14-21-11-9-8-10-12-23(21)22-15-16-24-25(19-22)27(5,6)18-17-26(24,3)4/h7,13-16,19H,8-12,17-18H2,1-6H3/b14-13+,20-7+. The fourth-order valence-corrected chi connectivity index (χ4v) is 4.72. The normalized spacial score (nSPS) is 22.7. The molecule has 0 N–H and O–H groups in total. The van der Waals surface area contributed by atoms with E-state index in [0.29, 0.717) is 5.41 Å². The van der Waals surface area contributed by atoms with Crippen LogP contribution in [0.2, 0.25) is 0 Å². The first-order valence-electron chi connectivity index (χ1n) is 10.9. The van der Waals surface area contributed by atoms with Crippen molar-refractivity contribution in [1.82, 2.24) is 0 Å². The van der Waals surface area contributed by atoms with E-state index < -0.39 is 0 Å². The lowest BCUT2D eigenvalue weighted by Crippen LogP contribution is -2.33. The summed E-state index contributed by atoms with van der Waals surface area (Å²) in [7, 11) is 0. The summed E-state index contributed by atoms with van der Waals surface area (Å²) in [5, 5.41) is 0. The molecule has 0 unspecified atom stereocenters. The molecule has 2 aliphatic carbocycles. The van der Waals surface area contributed by atoms with Crippen LogP contribution in [0.5, 0.6) is 0 Å². The van der Waals surface area contributed by atoms with Gasteiger partial charge in [-0.05, 0) is 91.0 Å². The van der Waals surface area contributed by atoms with Crippen LogP contribution in [0, 0.1) is 0 Å². The van der Waals surface area contributed by atoms with Crippen LogP contribution in [0.15, 0.2) is 47.6 Å².